The molecule has 2 aliphatic rings. The van der Waals surface area contributed by atoms with Crippen LogP contribution >= 0.6 is 0 Å². The summed E-state index contributed by atoms with van der Waals surface area (Å²) in [4.78, 5) is 0. The summed E-state index contributed by atoms with van der Waals surface area (Å²) >= 11 is 0. The predicted molar refractivity (Wildman–Crippen MR) is 29.6 cm³/mol. The molecule has 0 aromatic carbocycles. The molecule has 3 nitrogen and oxygen atoms in total. The van der Waals surface area contributed by atoms with Gasteiger partial charge in [-0.2, -0.15) is 0 Å². The largest absolute Gasteiger partial charge is 0.393 e. The van der Waals surface area contributed by atoms with Gasteiger partial charge in [0.25, 0.3) is 0 Å². The molecular formula is C6H10O3. The molecule has 9 heavy (non-hydrogen) atoms. The highest BCUT2D eigenvalue weighted by Gasteiger charge is 2.76. The molecule has 1 unspecified atom stereocenters. The van der Waals surface area contributed by atoms with Crippen LogP contribution in [-0.2, 0) is 9.47 Å². The van der Waals surface area contributed by atoms with E-state index >= 15 is 0 Å². The first-order chi connectivity index (χ1) is 4.23. The second kappa shape index (κ2) is 1.48. The summed E-state index contributed by atoms with van der Waals surface area (Å²) in [7, 11) is 0. The van der Waals surface area contributed by atoms with Crippen LogP contribution in [0, 0.1) is 0 Å². The summed E-state index contributed by atoms with van der Waals surface area (Å²) in [6.07, 6.45) is 1.48. The Labute approximate surface area is 53.6 Å². The van der Waals surface area contributed by atoms with E-state index in [9.17, 15) is 0 Å². The van der Waals surface area contributed by atoms with Crippen LogP contribution in [-0.4, -0.2) is 23.3 Å². The van der Waals surface area contributed by atoms with E-state index in [-0.39, 0.29) is 18.2 Å². The molecule has 2 fully saturated rings. The maximum absolute atomic E-state index is 8.85. The van der Waals surface area contributed by atoms with Crippen molar-refractivity contribution in [2.75, 3.05) is 0 Å². The van der Waals surface area contributed by atoms with Crippen LogP contribution in [0.1, 0.15) is 19.8 Å². The van der Waals surface area contributed by atoms with Gasteiger partial charge in [0.2, 0.25) is 12.1 Å². The van der Waals surface area contributed by atoms with Crippen LogP contribution in [0.25, 0.3) is 0 Å². The third-order valence-corrected chi connectivity index (χ3v) is 1.77. The Balaban J connectivity index is 1.68. The van der Waals surface area contributed by atoms with E-state index in [0.717, 1.165) is 12.8 Å². The van der Waals surface area contributed by atoms with Gasteiger partial charge in [-0.3, -0.25) is 0 Å². The Morgan fingerprint density at radius 2 is 2.22 bits per heavy atom. The van der Waals surface area contributed by atoms with Crippen LogP contribution in [0.2, 0.25) is 0 Å². The van der Waals surface area contributed by atoms with Crippen molar-refractivity contribution in [2.45, 2.75) is 37.9 Å². The van der Waals surface area contributed by atoms with E-state index in [1.807, 2.05) is 0 Å². The maximum atomic E-state index is 8.85. The van der Waals surface area contributed by atoms with E-state index in [4.69, 9.17) is 14.6 Å². The van der Waals surface area contributed by atoms with Gasteiger partial charge in [0.05, 0.1) is 6.10 Å². The number of ether oxygens (including phenoxy) is 2. The fourth-order valence-electron chi connectivity index (χ4n) is 0.949. The minimum absolute atomic E-state index is 0.0937. The van der Waals surface area contributed by atoms with Gasteiger partial charge in [-0.15, -0.1) is 0 Å². The topological polar surface area (TPSA) is 45.3 Å². The van der Waals surface area contributed by atoms with Crippen LogP contribution in [0.5, 0.6) is 0 Å². The van der Waals surface area contributed by atoms with E-state index < -0.39 is 0 Å². The van der Waals surface area contributed by atoms with Gasteiger partial charge in [-0.05, 0) is 13.3 Å². The molecule has 0 aromatic heterocycles. The quantitative estimate of drug-likeness (QED) is 0.556. The summed E-state index contributed by atoms with van der Waals surface area (Å²) in [5.74, 6) is -0.211. The lowest BCUT2D eigenvalue weighted by molar-refractivity contribution is -0.0575. The predicted octanol–water partition coefficient (Wildman–Crippen LogP) is 0.230. The smallest absolute Gasteiger partial charge is 0.226 e. The average molecular weight is 130 g/mol. The number of aliphatic hydroxyl groups is 1. The highest BCUT2D eigenvalue weighted by molar-refractivity contribution is 5.02. The number of fused-ring (bicyclic) bond motifs is 1. The van der Waals surface area contributed by atoms with Crippen LogP contribution in [0.4, 0.5) is 0 Å². The van der Waals surface area contributed by atoms with Gasteiger partial charge >= 0.3 is 0 Å². The van der Waals surface area contributed by atoms with Gasteiger partial charge in [0.15, 0.2) is 0 Å². The average Bonchev–Trinajstić information content (AvgIpc) is 2.44. The van der Waals surface area contributed by atoms with Crippen molar-refractivity contribution in [2.24, 2.45) is 0 Å². The summed E-state index contributed by atoms with van der Waals surface area (Å²) < 4.78 is 10.0. The Kier molecular flexibility index (Phi) is 0.928. The van der Waals surface area contributed by atoms with E-state index in [2.05, 4.69) is 0 Å². The monoisotopic (exact) mass is 130 g/mol. The molecule has 2 rings (SSSR count). The molecule has 0 aliphatic carbocycles. The number of epoxide rings is 2. The number of rotatable bonds is 3. The van der Waals surface area contributed by atoms with Crippen molar-refractivity contribution >= 4 is 0 Å². The SMILES string of the molecule is CC(O)CCC12OC1O2. The zero-order valence-electron chi connectivity index (χ0n) is 5.33. The van der Waals surface area contributed by atoms with Crippen LogP contribution in [0.3, 0.4) is 0 Å². The van der Waals surface area contributed by atoms with Gasteiger partial charge in [-0.1, -0.05) is 0 Å². The van der Waals surface area contributed by atoms with Gasteiger partial charge < -0.3 is 14.6 Å². The van der Waals surface area contributed by atoms with Crippen molar-refractivity contribution in [3.8, 4) is 0 Å². The highest BCUT2D eigenvalue weighted by Crippen LogP contribution is 2.58. The molecule has 3 heteroatoms. The summed E-state index contributed by atoms with van der Waals surface area (Å²) in [5, 5.41) is 8.85. The second-order valence-electron chi connectivity index (χ2n) is 2.77. The van der Waals surface area contributed by atoms with Gasteiger partial charge in [0, 0.05) is 6.42 Å². The number of aliphatic hydroxyl groups excluding tert-OH is 1. The third-order valence-electron chi connectivity index (χ3n) is 1.77. The molecule has 1 N–H and O–H groups in total. The molecule has 0 radical (unpaired) electrons. The third kappa shape index (κ3) is 0.852. The Morgan fingerprint density at radius 3 is 2.56 bits per heavy atom. The fraction of sp³-hybridized carbons (Fsp3) is 1.00. The molecule has 0 saturated carbocycles. The van der Waals surface area contributed by atoms with E-state index in [1.165, 1.54) is 0 Å². The van der Waals surface area contributed by atoms with Crippen LogP contribution < -0.4 is 0 Å². The normalized spacial score (nSPS) is 48.0. The lowest BCUT2D eigenvalue weighted by atomic mass is 10.2. The highest BCUT2D eigenvalue weighted by atomic mass is 17.0. The summed E-state index contributed by atoms with van der Waals surface area (Å²) in [5.41, 5.74) is 0. The molecule has 1 atom stereocenters. The molecule has 2 saturated heterocycles. The second-order valence-corrected chi connectivity index (χ2v) is 2.77. The Morgan fingerprint density at radius 1 is 1.67 bits per heavy atom. The van der Waals surface area contributed by atoms with Gasteiger partial charge in [-0.25, -0.2) is 0 Å². The minimum Gasteiger partial charge on any atom is -0.393 e. The Hall–Kier alpha value is -0.120. The zero-order valence-corrected chi connectivity index (χ0v) is 5.33. The fourth-order valence-corrected chi connectivity index (χ4v) is 0.949. The lowest BCUT2D eigenvalue weighted by Crippen LogP contribution is -2.05. The van der Waals surface area contributed by atoms with Crippen LogP contribution in [0.15, 0.2) is 0 Å². The van der Waals surface area contributed by atoms with Crippen molar-refractivity contribution in [1.82, 2.24) is 0 Å². The molecule has 2 heterocycles. The van der Waals surface area contributed by atoms with Crippen molar-refractivity contribution in [1.29, 1.82) is 0 Å². The molecule has 0 spiro atoms. The van der Waals surface area contributed by atoms with E-state index in [1.54, 1.807) is 6.92 Å². The summed E-state index contributed by atoms with van der Waals surface area (Å²) in [6.45, 7) is 1.77. The van der Waals surface area contributed by atoms with Crippen molar-refractivity contribution < 1.29 is 14.6 Å². The van der Waals surface area contributed by atoms with Gasteiger partial charge in [0.1, 0.15) is 0 Å². The standard InChI is InChI=1S/C6H10O3/c1-4(7)2-3-6-5(8-6)9-6/h4-5,7H,2-3H2,1H3. The first-order valence-corrected chi connectivity index (χ1v) is 3.27. The molecule has 2 aliphatic heterocycles. The zero-order chi connectivity index (χ0) is 6.48. The minimum atomic E-state index is -0.228. The van der Waals surface area contributed by atoms with Crippen molar-refractivity contribution in [3.63, 3.8) is 0 Å². The van der Waals surface area contributed by atoms with Crippen molar-refractivity contribution in [3.05, 3.63) is 0 Å². The summed E-state index contributed by atoms with van der Waals surface area (Å²) in [6, 6.07) is 0. The van der Waals surface area contributed by atoms with E-state index in [0.29, 0.717) is 0 Å². The first kappa shape index (κ1) is 5.65. The number of hydrogen-bond acceptors (Lipinski definition) is 3. The molecule has 0 aromatic rings. The first-order valence-electron chi connectivity index (χ1n) is 3.27. The molecule has 0 bridgehead atoms. The number of hydrogen-bond donors (Lipinski definition) is 1. The lowest BCUT2D eigenvalue weighted by Gasteiger charge is -2.02. The Bertz CT molecular complexity index is 126. The molecule has 0 amide bonds. The molecule has 52 valence electrons. The molecular weight excluding hydrogens is 120 g/mol. The maximum Gasteiger partial charge on any atom is 0.226 e.